The quantitative estimate of drug-likeness (QED) is 0.816. The van der Waals surface area contributed by atoms with E-state index in [0.29, 0.717) is 31.1 Å². The molecule has 1 aliphatic heterocycles. The molecule has 2 aliphatic rings. The Morgan fingerprint density at radius 3 is 2.74 bits per heavy atom. The molecule has 2 fully saturated rings. The third-order valence-corrected chi connectivity index (χ3v) is 4.34. The average Bonchev–Trinajstić information content (AvgIpc) is 2.54. The number of benzene rings is 1. The molecule has 1 saturated carbocycles. The number of carbonyl (C=O) groups excluding carboxylic acids is 2. The lowest BCUT2D eigenvalue weighted by atomic mass is 9.80. The molecule has 100 valence electrons. The van der Waals surface area contributed by atoms with Gasteiger partial charge in [0.05, 0.1) is 0 Å². The van der Waals surface area contributed by atoms with E-state index in [1.54, 1.807) is 0 Å². The van der Waals surface area contributed by atoms with E-state index in [4.69, 9.17) is 0 Å². The SMILES string of the molecule is O=C1CCC2CC1CC(=O)N(Cc1ccccc1)C2. The standard InChI is InChI=1S/C16H19NO2/c18-15-7-6-13-8-14(15)9-16(19)17(11-13)10-12-4-2-1-3-5-12/h1-5,13-14H,6-11H2. The summed E-state index contributed by atoms with van der Waals surface area (Å²) >= 11 is 0. The average molecular weight is 257 g/mol. The maximum absolute atomic E-state index is 12.3. The van der Waals surface area contributed by atoms with Gasteiger partial charge in [0.1, 0.15) is 5.78 Å². The van der Waals surface area contributed by atoms with E-state index >= 15 is 0 Å². The predicted octanol–water partition coefficient (Wildman–Crippen LogP) is 2.40. The first kappa shape index (κ1) is 12.4. The first-order chi connectivity index (χ1) is 9.22. The van der Waals surface area contributed by atoms with Crippen LogP contribution in [0.2, 0.25) is 0 Å². The van der Waals surface area contributed by atoms with Crippen LogP contribution in [0.4, 0.5) is 0 Å². The summed E-state index contributed by atoms with van der Waals surface area (Å²) < 4.78 is 0. The topological polar surface area (TPSA) is 37.4 Å². The first-order valence-corrected chi connectivity index (χ1v) is 7.07. The van der Waals surface area contributed by atoms with Crippen molar-refractivity contribution < 1.29 is 9.59 Å². The van der Waals surface area contributed by atoms with Crippen LogP contribution in [0.25, 0.3) is 0 Å². The number of carbonyl (C=O) groups is 2. The minimum atomic E-state index is -0.00739. The van der Waals surface area contributed by atoms with Crippen molar-refractivity contribution in [3.8, 4) is 0 Å². The van der Waals surface area contributed by atoms with E-state index in [-0.39, 0.29) is 11.8 Å². The number of Topliss-reactive ketones (excluding diaryl/α,β-unsaturated/α-hetero) is 1. The van der Waals surface area contributed by atoms with Gasteiger partial charge in [0.2, 0.25) is 5.91 Å². The Morgan fingerprint density at radius 2 is 1.95 bits per heavy atom. The summed E-state index contributed by atoms with van der Waals surface area (Å²) in [4.78, 5) is 26.0. The van der Waals surface area contributed by atoms with Gasteiger partial charge in [0.15, 0.2) is 0 Å². The van der Waals surface area contributed by atoms with Crippen LogP contribution in [0.15, 0.2) is 30.3 Å². The van der Waals surface area contributed by atoms with E-state index in [1.165, 1.54) is 5.56 Å². The van der Waals surface area contributed by atoms with Gasteiger partial charge in [-0.3, -0.25) is 9.59 Å². The highest BCUT2D eigenvalue weighted by molar-refractivity contribution is 5.88. The first-order valence-electron chi connectivity index (χ1n) is 7.07. The summed E-state index contributed by atoms with van der Waals surface area (Å²) in [6, 6.07) is 10.1. The van der Waals surface area contributed by atoms with Crippen LogP contribution >= 0.6 is 0 Å². The fourth-order valence-corrected chi connectivity index (χ4v) is 3.28. The largest absolute Gasteiger partial charge is 0.338 e. The van der Waals surface area contributed by atoms with Crippen LogP contribution in [0.1, 0.15) is 31.2 Å². The molecule has 0 spiro atoms. The molecule has 3 rings (SSSR count). The number of rotatable bonds is 2. The van der Waals surface area contributed by atoms with E-state index in [1.807, 2.05) is 23.1 Å². The number of fused-ring (bicyclic) bond motifs is 2. The van der Waals surface area contributed by atoms with Gasteiger partial charge in [-0.15, -0.1) is 0 Å². The van der Waals surface area contributed by atoms with Gasteiger partial charge in [0, 0.05) is 31.8 Å². The number of amides is 1. The monoisotopic (exact) mass is 257 g/mol. The van der Waals surface area contributed by atoms with Crippen LogP contribution in [-0.2, 0) is 16.1 Å². The highest BCUT2D eigenvalue weighted by atomic mass is 16.2. The second-order valence-electron chi connectivity index (χ2n) is 5.77. The number of hydrogen-bond donors (Lipinski definition) is 0. The molecule has 0 radical (unpaired) electrons. The molecular formula is C16H19NO2. The molecular weight excluding hydrogens is 238 g/mol. The number of likely N-dealkylation sites (tertiary alicyclic amines) is 1. The lowest BCUT2D eigenvalue weighted by molar-refractivity contribution is -0.134. The summed E-state index contributed by atoms with van der Waals surface area (Å²) in [5.74, 6) is 0.947. The van der Waals surface area contributed by atoms with Crippen molar-refractivity contribution in [3.63, 3.8) is 0 Å². The van der Waals surface area contributed by atoms with Crippen molar-refractivity contribution in [3.05, 3.63) is 35.9 Å². The maximum Gasteiger partial charge on any atom is 0.223 e. The van der Waals surface area contributed by atoms with Crippen molar-refractivity contribution in [2.24, 2.45) is 11.8 Å². The second-order valence-corrected chi connectivity index (χ2v) is 5.77. The molecule has 0 aromatic heterocycles. The third-order valence-electron chi connectivity index (χ3n) is 4.34. The Morgan fingerprint density at radius 1 is 1.16 bits per heavy atom. The van der Waals surface area contributed by atoms with Crippen LogP contribution in [-0.4, -0.2) is 23.1 Å². The van der Waals surface area contributed by atoms with Gasteiger partial charge in [-0.25, -0.2) is 0 Å². The lowest BCUT2D eigenvalue weighted by Gasteiger charge is -2.26. The molecule has 2 bridgehead atoms. The Labute approximate surface area is 113 Å². The summed E-state index contributed by atoms with van der Waals surface area (Å²) in [7, 11) is 0. The van der Waals surface area contributed by atoms with E-state index in [2.05, 4.69) is 12.1 Å². The fraction of sp³-hybridized carbons (Fsp3) is 0.500. The molecule has 1 amide bonds. The van der Waals surface area contributed by atoms with Gasteiger partial charge in [-0.1, -0.05) is 30.3 Å². The highest BCUT2D eigenvalue weighted by Crippen LogP contribution is 2.33. The zero-order valence-electron chi connectivity index (χ0n) is 11.0. The van der Waals surface area contributed by atoms with Crippen molar-refractivity contribution in [2.75, 3.05) is 6.54 Å². The molecule has 1 saturated heterocycles. The molecule has 19 heavy (non-hydrogen) atoms. The summed E-state index contributed by atoms with van der Waals surface area (Å²) in [5.41, 5.74) is 1.17. The minimum absolute atomic E-state index is 0.00739. The molecule has 1 aliphatic carbocycles. The van der Waals surface area contributed by atoms with Gasteiger partial charge in [-0.2, -0.15) is 0 Å². The number of ketones is 1. The van der Waals surface area contributed by atoms with Gasteiger partial charge in [-0.05, 0) is 24.3 Å². The van der Waals surface area contributed by atoms with Gasteiger partial charge < -0.3 is 4.90 Å². The zero-order chi connectivity index (χ0) is 13.2. The fourth-order valence-electron chi connectivity index (χ4n) is 3.28. The minimum Gasteiger partial charge on any atom is -0.338 e. The molecule has 1 aromatic rings. The zero-order valence-corrected chi connectivity index (χ0v) is 11.0. The van der Waals surface area contributed by atoms with Crippen LogP contribution < -0.4 is 0 Å². The Balaban J connectivity index is 1.75. The molecule has 3 heteroatoms. The van der Waals surface area contributed by atoms with E-state index in [0.717, 1.165) is 19.4 Å². The van der Waals surface area contributed by atoms with E-state index < -0.39 is 0 Å². The Bertz CT molecular complexity index is 483. The van der Waals surface area contributed by atoms with Crippen molar-refractivity contribution >= 4 is 11.7 Å². The van der Waals surface area contributed by atoms with Crippen molar-refractivity contribution in [2.45, 2.75) is 32.2 Å². The molecule has 2 atom stereocenters. The predicted molar refractivity (Wildman–Crippen MR) is 72.3 cm³/mol. The maximum atomic E-state index is 12.3. The Kier molecular flexibility index (Phi) is 3.36. The molecule has 2 unspecified atom stereocenters. The third kappa shape index (κ3) is 2.70. The van der Waals surface area contributed by atoms with Gasteiger partial charge >= 0.3 is 0 Å². The molecule has 1 heterocycles. The molecule has 0 N–H and O–H groups in total. The van der Waals surface area contributed by atoms with Crippen LogP contribution in [0.5, 0.6) is 0 Å². The van der Waals surface area contributed by atoms with Crippen LogP contribution in [0.3, 0.4) is 0 Å². The summed E-state index contributed by atoms with van der Waals surface area (Å²) in [6.45, 7) is 1.49. The normalized spacial score (nSPS) is 27.3. The smallest absolute Gasteiger partial charge is 0.223 e. The summed E-state index contributed by atoms with van der Waals surface area (Å²) in [6.07, 6.45) is 2.95. The highest BCUT2D eigenvalue weighted by Gasteiger charge is 2.36. The lowest BCUT2D eigenvalue weighted by Crippen LogP contribution is -2.32. The Hall–Kier alpha value is -1.64. The van der Waals surface area contributed by atoms with Crippen LogP contribution in [0, 0.1) is 11.8 Å². The van der Waals surface area contributed by atoms with E-state index in [9.17, 15) is 9.59 Å². The molecule has 1 aromatic carbocycles. The number of hydrogen-bond acceptors (Lipinski definition) is 2. The molecule has 3 nitrogen and oxygen atoms in total. The number of nitrogens with zero attached hydrogens (tertiary/aromatic N) is 1. The second kappa shape index (κ2) is 5.16. The summed E-state index contributed by atoms with van der Waals surface area (Å²) in [5, 5.41) is 0. The van der Waals surface area contributed by atoms with Crippen molar-refractivity contribution in [1.82, 2.24) is 4.90 Å². The van der Waals surface area contributed by atoms with Gasteiger partial charge in [0.25, 0.3) is 0 Å². The van der Waals surface area contributed by atoms with Crippen molar-refractivity contribution in [1.29, 1.82) is 0 Å².